The third-order valence-electron chi connectivity index (χ3n) is 2.74. The molecule has 0 fully saturated rings. The smallest absolute Gasteiger partial charge is 0.223 e. The fourth-order valence-electron chi connectivity index (χ4n) is 1.87. The predicted molar refractivity (Wildman–Crippen MR) is 80.0 cm³/mol. The van der Waals surface area contributed by atoms with Crippen LogP contribution in [0.15, 0.2) is 24.3 Å². The highest BCUT2D eigenvalue weighted by molar-refractivity contribution is 6.30. The topological polar surface area (TPSA) is 58.6 Å². The highest BCUT2D eigenvalue weighted by Crippen LogP contribution is 2.17. The van der Waals surface area contributed by atoms with Crippen molar-refractivity contribution in [2.75, 3.05) is 13.2 Å². The minimum Gasteiger partial charge on any atom is -0.493 e. The van der Waals surface area contributed by atoms with Crippen LogP contribution >= 0.6 is 11.6 Å². The van der Waals surface area contributed by atoms with Gasteiger partial charge in [-0.15, -0.1) is 0 Å². The van der Waals surface area contributed by atoms with Crippen LogP contribution in [0, 0.1) is 5.92 Å². The normalized spacial score (nSPS) is 12.2. The second-order valence-corrected chi connectivity index (χ2v) is 5.57. The molecule has 0 saturated heterocycles. The summed E-state index contributed by atoms with van der Waals surface area (Å²) in [6.07, 6.45) is 1.01. The molecule has 5 heteroatoms. The Labute approximate surface area is 125 Å². The van der Waals surface area contributed by atoms with E-state index in [1.807, 2.05) is 0 Å². The zero-order valence-electron chi connectivity index (χ0n) is 11.9. The van der Waals surface area contributed by atoms with Gasteiger partial charge in [-0.05, 0) is 30.5 Å². The van der Waals surface area contributed by atoms with Gasteiger partial charge in [-0.1, -0.05) is 31.5 Å². The van der Waals surface area contributed by atoms with Crippen molar-refractivity contribution in [2.45, 2.75) is 32.7 Å². The van der Waals surface area contributed by atoms with Gasteiger partial charge >= 0.3 is 0 Å². The van der Waals surface area contributed by atoms with Gasteiger partial charge < -0.3 is 15.2 Å². The Hall–Kier alpha value is -1.26. The maximum atomic E-state index is 11.7. The lowest BCUT2D eigenvalue weighted by Gasteiger charge is -2.18. The van der Waals surface area contributed by atoms with E-state index < -0.39 is 0 Å². The number of amides is 1. The molecular weight excluding hydrogens is 278 g/mol. The number of benzene rings is 1. The summed E-state index contributed by atoms with van der Waals surface area (Å²) in [4.78, 5) is 11.7. The monoisotopic (exact) mass is 299 g/mol. The molecule has 0 aliphatic heterocycles. The van der Waals surface area contributed by atoms with Crippen LogP contribution in [-0.4, -0.2) is 30.3 Å². The summed E-state index contributed by atoms with van der Waals surface area (Å²) in [6.45, 7) is 4.35. The lowest BCUT2D eigenvalue weighted by atomic mass is 10.0. The standard InChI is InChI=1S/C15H22ClNO3/c1-11(2)8-13(10-18)17-15(19)6-7-20-14-5-3-4-12(16)9-14/h3-5,9,11,13,18H,6-8,10H2,1-2H3,(H,17,19). The molecule has 1 atom stereocenters. The fraction of sp³-hybridized carbons (Fsp3) is 0.533. The molecule has 0 bridgehead atoms. The van der Waals surface area contributed by atoms with Gasteiger partial charge in [0.05, 0.1) is 25.7 Å². The molecule has 0 aromatic heterocycles. The lowest BCUT2D eigenvalue weighted by Crippen LogP contribution is -2.38. The summed E-state index contributed by atoms with van der Waals surface area (Å²) in [5.41, 5.74) is 0. The van der Waals surface area contributed by atoms with Crippen molar-refractivity contribution >= 4 is 17.5 Å². The van der Waals surface area contributed by atoms with E-state index in [1.54, 1.807) is 24.3 Å². The largest absolute Gasteiger partial charge is 0.493 e. The van der Waals surface area contributed by atoms with E-state index in [4.69, 9.17) is 16.3 Å². The van der Waals surface area contributed by atoms with E-state index in [9.17, 15) is 9.90 Å². The first kappa shape index (κ1) is 16.8. The zero-order valence-corrected chi connectivity index (χ0v) is 12.7. The molecule has 1 unspecified atom stereocenters. The Morgan fingerprint density at radius 1 is 1.45 bits per heavy atom. The van der Waals surface area contributed by atoms with E-state index in [0.717, 1.165) is 6.42 Å². The first-order valence-corrected chi connectivity index (χ1v) is 7.17. The van der Waals surface area contributed by atoms with Gasteiger partial charge in [-0.3, -0.25) is 4.79 Å². The van der Waals surface area contributed by atoms with Crippen molar-refractivity contribution in [1.29, 1.82) is 0 Å². The van der Waals surface area contributed by atoms with Crippen LogP contribution in [0.3, 0.4) is 0 Å². The van der Waals surface area contributed by atoms with Crippen LogP contribution < -0.4 is 10.1 Å². The second kappa shape index (κ2) is 8.82. The Kier molecular flexibility index (Phi) is 7.41. The van der Waals surface area contributed by atoms with Crippen LogP contribution in [-0.2, 0) is 4.79 Å². The van der Waals surface area contributed by atoms with Gasteiger partial charge in [0.25, 0.3) is 0 Å². The van der Waals surface area contributed by atoms with Crippen LogP contribution in [0.5, 0.6) is 5.75 Å². The van der Waals surface area contributed by atoms with Gasteiger partial charge in [-0.2, -0.15) is 0 Å². The average molecular weight is 300 g/mol. The van der Waals surface area contributed by atoms with Crippen LogP contribution in [0.1, 0.15) is 26.7 Å². The summed E-state index contributed by atoms with van der Waals surface area (Å²) in [7, 11) is 0. The first-order valence-electron chi connectivity index (χ1n) is 6.80. The van der Waals surface area contributed by atoms with Gasteiger partial charge in [-0.25, -0.2) is 0 Å². The number of rotatable bonds is 8. The number of hydrogen-bond acceptors (Lipinski definition) is 3. The summed E-state index contributed by atoms with van der Waals surface area (Å²) in [5.74, 6) is 0.952. The second-order valence-electron chi connectivity index (χ2n) is 5.13. The van der Waals surface area contributed by atoms with E-state index in [2.05, 4.69) is 19.2 Å². The molecule has 112 valence electrons. The Morgan fingerprint density at radius 2 is 2.20 bits per heavy atom. The SMILES string of the molecule is CC(C)CC(CO)NC(=O)CCOc1cccc(Cl)c1. The van der Waals surface area contributed by atoms with E-state index in [1.165, 1.54) is 0 Å². The number of halogens is 1. The number of aliphatic hydroxyl groups is 1. The third kappa shape index (κ3) is 6.78. The molecule has 0 heterocycles. The Balaban J connectivity index is 2.29. The highest BCUT2D eigenvalue weighted by Gasteiger charge is 2.12. The van der Waals surface area contributed by atoms with Gasteiger partial charge in [0.1, 0.15) is 5.75 Å². The molecule has 1 rings (SSSR count). The lowest BCUT2D eigenvalue weighted by molar-refractivity contribution is -0.122. The maximum absolute atomic E-state index is 11.7. The van der Waals surface area contributed by atoms with Crippen LogP contribution in [0.2, 0.25) is 5.02 Å². The van der Waals surface area contributed by atoms with Gasteiger partial charge in [0.15, 0.2) is 0 Å². The Morgan fingerprint density at radius 3 is 2.80 bits per heavy atom. The molecule has 20 heavy (non-hydrogen) atoms. The molecule has 1 aromatic carbocycles. The van der Waals surface area contributed by atoms with Crippen LogP contribution in [0.25, 0.3) is 0 Å². The Bertz CT molecular complexity index is 423. The quantitative estimate of drug-likeness (QED) is 0.776. The molecule has 0 aliphatic rings. The number of ether oxygens (including phenoxy) is 1. The molecule has 1 amide bonds. The minimum atomic E-state index is -0.186. The van der Waals surface area contributed by atoms with Crippen molar-refractivity contribution in [3.63, 3.8) is 0 Å². The number of carbonyl (C=O) groups is 1. The highest BCUT2D eigenvalue weighted by atomic mass is 35.5. The van der Waals surface area contributed by atoms with Crippen molar-refractivity contribution in [3.8, 4) is 5.75 Å². The number of hydrogen-bond donors (Lipinski definition) is 2. The van der Waals surface area contributed by atoms with E-state index >= 15 is 0 Å². The van der Waals surface area contributed by atoms with Crippen molar-refractivity contribution in [3.05, 3.63) is 29.3 Å². The van der Waals surface area contributed by atoms with Gasteiger partial charge in [0.2, 0.25) is 5.91 Å². The first-order chi connectivity index (χ1) is 9.51. The summed E-state index contributed by atoms with van der Waals surface area (Å²) >= 11 is 5.84. The zero-order chi connectivity index (χ0) is 15.0. The van der Waals surface area contributed by atoms with Gasteiger partial charge in [0, 0.05) is 5.02 Å². The maximum Gasteiger partial charge on any atom is 0.223 e. The van der Waals surface area contributed by atoms with Crippen LogP contribution in [0.4, 0.5) is 0 Å². The van der Waals surface area contributed by atoms with E-state index in [-0.39, 0.29) is 31.6 Å². The molecule has 0 aliphatic carbocycles. The molecule has 0 radical (unpaired) electrons. The third-order valence-corrected chi connectivity index (χ3v) is 2.97. The van der Waals surface area contributed by atoms with Crippen molar-refractivity contribution in [1.82, 2.24) is 5.32 Å². The fourth-order valence-corrected chi connectivity index (χ4v) is 2.05. The number of aliphatic hydroxyl groups excluding tert-OH is 1. The molecule has 0 saturated carbocycles. The van der Waals surface area contributed by atoms with Crippen molar-refractivity contribution in [2.24, 2.45) is 5.92 Å². The minimum absolute atomic E-state index is 0.0426. The molecule has 2 N–H and O–H groups in total. The molecule has 0 spiro atoms. The summed E-state index contributed by atoms with van der Waals surface area (Å²) in [6, 6.07) is 6.86. The number of carbonyl (C=O) groups excluding carboxylic acids is 1. The average Bonchev–Trinajstić information content (AvgIpc) is 2.37. The molecule has 4 nitrogen and oxygen atoms in total. The van der Waals surface area contributed by atoms with Crippen molar-refractivity contribution < 1.29 is 14.6 Å². The number of nitrogens with one attached hydrogen (secondary N) is 1. The van der Waals surface area contributed by atoms with E-state index in [0.29, 0.717) is 16.7 Å². The predicted octanol–water partition coefficient (Wildman–Crippen LogP) is 2.63. The summed E-state index contributed by atoms with van der Waals surface area (Å²) < 4.78 is 5.45. The summed E-state index contributed by atoms with van der Waals surface area (Å²) in [5, 5.41) is 12.6. The molecular formula is C15H22ClNO3. The molecule has 1 aromatic rings.